The van der Waals surface area contributed by atoms with Crippen molar-refractivity contribution in [2.24, 2.45) is 5.10 Å². The Bertz CT molecular complexity index is 1120. The van der Waals surface area contributed by atoms with Crippen LogP contribution in [0.1, 0.15) is 45.8 Å². The maximum atomic E-state index is 12.8. The molecule has 0 spiro atoms. The summed E-state index contributed by atoms with van der Waals surface area (Å²) in [6.07, 6.45) is 2.20. The molecule has 1 aromatic heterocycles. The van der Waals surface area contributed by atoms with Crippen LogP contribution in [0.4, 0.5) is 5.69 Å². The molecular formula is C24H29N5O6. The molecule has 1 aliphatic carbocycles. The summed E-state index contributed by atoms with van der Waals surface area (Å²) in [5.74, 6) is 0.395. The number of nitrogens with zero attached hydrogens (tertiary/aromatic N) is 3. The van der Waals surface area contributed by atoms with Gasteiger partial charge in [0.15, 0.2) is 5.76 Å². The number of hydrazone groups is 1. The zero-order valence-corrected chi connectivity index (χ0v) is 19.7. The lowest BCUT2D eigenvalue weighted by Gasteiger charge is -2.26. The molecule has 1 saturated heterocycles. The summed E-state index contributed by atoms with van der Waals surface area (Å²) in [7, 11) is 0. The minimum atomic E-state index is -0.484. The number of amides is 2. The molecular weight excluding hydrogens is 454 g/mol. The van der Waals surface area contributed by atoms with Crippen LogP contribution in [-0.4, -0.2) is 66.7 Å². The van der Waals surface area contributed by atoms with E-state index in [9.17, 15) is 19.7 Å². The van der Waals surface area contributed by atoms with Crippen molar-refractivity contribution in [3.05, 3.63) is 62.6 Å². The minimum absolute atomic E-state index is 0.0273. The second-order valence-electron chi connectivity index (χ2n) is 8.61. The SMILES string of the molecule is Cc1c(C(=O)NCCN2CCOCC2)oc2c1/C(=N/NC(=O)Cc1ccc([N+](=O)[O-])cc1)CCC2. The number of furan rings is 1. The quantitative estimate of drug-likeness (QED) is 0.432. The number of carbonyl (C=O) groups excluding carboxylic acids is 2. The van der Waals surface area contributed by atoms with Crippen molar-refractivity contribution in [1.82, 2.24) is 15.6 Å². The number of non-ortho nitro benzene ring substituents is 1. The van der Waals surface area contributed by atoms with Crippen molar-refractivity contribution >= 4 is 23.2 Å². The molecule has 2 heterocycles. The number of carbonyl (C=O) groups is 2. The lowest BCUT2D eigenvalue weighted by molar-refractivity contribution is -0.384. The normalized spacial score (nSPS) is 17.1. The van der Waals surface area contributed by atoms with Crippen molar-refractivity contribution < 1.29 is 23.7 Å². The van der Waals surface area contributed by atoms with Gasteiger partial charge in [-0.1, -0.05) is 12.1 Å². The Hall–Kier alpha value is -3.57. The van der Waals surface area contributed by atoms with E-state index in [1.807, 2.05) is 6.92 Å². The van der Waals surface area contributed by atoms with Gasteiger partial charge in [0.1, 0.15) is 5.76 Å². The number of fused-ring (bicyclic) bond motifs is 1. The Morgan fingerprint density at radius 2 is 1.91 bits per heavy atom. The van der Waals surface area contributed by atoms with Crippen molar-refractivity contribution in [2.45, 2.75) is 32.6 Å². The molecule has 35 heavy (non-hydrogen) atoms. The summed E-state index contributed by atoms with van der Waals surface area (Å²) in [4.78, 5) is 37.7. The standard InChI is InChI=1S/C24H29N5O6/c1-16-22-19(26-27-21(30)15-17-5-7-18(8-6-17)29(32)33)3-2-4-20(22)35-23(16)24(31)25-9-10-28-11-13-34-14-12-28/h5-8H,2-4,9-15H2,1H3,(H,25,31)(H,27,30)/b26-19+. The van der Waals surface area contributed by atoms with Gasteiger partial charge in [0.25, 0.3) is 11.6 Å². The van der Waals surface area contributed by atoms with Gasteiger partial charge in [-0.3, -0.25) is 24.6 Å². The van der Waals surface area contributed by atoms with Crippen LogP contribution in [0.15, 0.2) is 33.8 Å². The topological polar surface area (TPSA) is 139 Å². The molecule has 0 unspecified atom stereocenters. The number of benzene rings is 1. The molecule has 2 N–H and O–H groups in total. The Balaban J connectivity index is 1.37. The average Bonchev–Trinajstić information content (AvgIpc) is 3.21. The van der Waals surface area contributed by atoms with Gasteiger partial charge in [-0.15, -0.1) is 0 Å². The van der Waals surface area contributed by atoms with E-state index in [0.717, 1.165) is 31.6 Å². The molecule has 2 aliphatic rings. The number of ether oxygens (including phenoxy) is 1. The molecule has 2 aromatic rings. The molecule has 0 bridgehead atoms. The largest absolute Gasteiger partial charge is 0.455 e. The highest BCUT2D eigenvalue weighted by atomic mass is 16.6. The van der Waals surface area contributed by atoms with E-state index < -0.39 is 4.92 Å². The Morgan fingerprint density at radius 1 is 1.17 bits per heavy atom. The van der Waals surface area contributed by atoms with E-state index >= 15 is 0 Å². The summed E-state index contributed by atoms with van der Waals surface area (Å²) < 4.78 is 11.3. The molecule has 1 aromatic carbocycles. The van der Waals surface area contributed by atoms with Gasteiger partial charge in [0, 0.05) is 55.9 Å². The fraction of sp³-hybridized carbons (Fsp3) is 0.458. The summed E-state index contributed by atoms with van der Waals surface area (Å²) in [6.45, 7) is 6.25. The van der Waals surface area contributed by atoms with E-state index in [-0.39, 0.29) is 29.7 Å². The van der Waals surface area contributed by atoms with Gasteiger partial charge in [-0.05, 0) is 25.3 Å². The van der Waals surface area contributed by atoms with Gasteiger partial charge in [-0.25, -0.2) is 5.43 Å². The van der Waals surface area contributed by atoms with Crippen LogP contribution in [0.5, 0.6) is 0 Å². The molecule has 1 aliphatic heterocycles. The van der Waals surface area contributed by atoms with Gasteiger partial charge in [0.2, 0.25) is 5.91 Å². The number of morpholine rings is 1. The molecule has 2 amide bonds. The highest BCUT2D eigenvalue weighted by Crippen LogP contribution is 2.29. The van der Waals surface area contributed by atoms with E-state index in [0.29, 0.717) is 55.2 Å². The molecule has 1 fully saturated rings. The maximum Gasteiger partial charge on any atom is 0.287 e. The average molecular weight is 484 g/mol. The molecule has 11 heteroatoms. The summed E-state index contributed by atoms with van der Waals surface area (Å²) >= 11 is 0. The summed E-state index contributed by atoms with van der Waals surface area (Å²) in [6, 6.07) is 5.83. The van der Waals surface area contributed by atoms with Crippen molar-refractivity contribution in [3.8, 4) is 0 Å². The second-order valence-corrected chi connectivity index (χ2v) is 8.61. The number of hydrogen-bond donors (Lipinski definition) is 2. The van der Waals surface area contributed by atoms with Gasteiger partial charge >= 0.3 is 0 Å². The Morgan fingerprint density at radius 3 is 2.63 bits per heavy atom. The van der Waals surface area contributed by atoms with E-state index in [1.165, 1.54) is 12.1 Å². The maximum absolute atomic E-state index is 12.8. The zero-order chi connectivity index (χ0) is 24.8. The smallest absolute Gasteiger partial charge is 0.287 e. The van der Waals surface area contributed by atoms with Gasteiger partial charge < -0.3 is 14.5 Å². The first-order valence-corrected chi connectivity index (χ1v) is 11.7. The molecule has 0 atom stereocenters. The Labute approximate surface area is 202 Å². The molecule has 4 rings (SSSR count). The highest BCUT2D eigenvalue weighted by molar-refractivity contribution is 6.06. The number of nitrogens with one attached hydrogen (secondary N) is 2. The van der Waals surface area contributed by atoms with Crippen LogP contribution in [0.25, 0.3) is 0 Å². The van der Waals surface area contributed by atoms with Crippen LogP contribution in [0.3, 0.4) is 0 Å². The third-order valence-corrected chi connectivity index (χ3v) is 6.18. The number of nitro benzene ring substituents is 1. The molecule has 11 nitrogen and oxygen atoms in total. The van der Waals surface area contributed by atoms with Gasteiger partial charge in [0.05, 0.1) is 30.3 Å². The first-order valence-electron chi connectivity index (χ1n) is 11.7. The van der Waals surface area contributed by atoms with E-state index in [2.05, 4.69) is 20.7 Å². The van der Waals surface area contributed by atoms with Gasteiger partial charge in [-0.2, -0.15) is 5.10 Å². The summed E-state index contributed by atoms with van der Waals surface area (Å²) in [5, 5.41) is 18.0. The fourth-order valence-electron chi connectivity index (χ4n) is 4.32. The number of aryl methyl sites for hydroxylation is 1. The van der Waals surface area contributed by atoms with Crippen molar-refractivity contribution in [2.75, 3.05) is 39.4 Å². The zero-order valence-electron chi connectivity index (χ0n) is 19.7. The lowest BCUT2D eigenvalue weighted by atomic mass is 9.93. The van der Waals surface area contributed by atoms with E-state index in [1.54, 1.807) is 12.1 Å². The van der Waals surface area contributed by atoms with Crippen LogP contribution in [0.2, 0.25) is 0 Å². The first-order chi connectivity index (χ1) is 16.9. The van der Waals surface area contributed by atoms with E-state index in [4.69, 9.17) is 9.15 Å². The fourth-order valence-corrected chi connectivity index (χ4v) is 4.32. The number of nitro groups is 1. The van der Waals surface area contributed by atoms with Crippen LogP contribution < -0.4 is 10.7 Å². The number of hydrogen-bond acceptors (Lipinski definition) is 8. The molecule has 0 saturated carbocycles. The lowest BCUT2D eigenvalue weighted by Crippen LogP contribution is -2.41. The predicted octanol–water partition coefficient (Wildman–Crippen LogP) is 1.96. The Kier molecular flexibility index (Phi) is 7.88. The van der Waals surface area contributed by atoms with Crippen LogP contribution in [-0.2, 0) is 22.4 Å². The summed E-state index contributed by atoms with van der Waals surface area (Å²) in [5.41, 5.74) is 5.37. The number of rotatable bonds is 8. The predicted molar refractivity (Wildman–Crippen MR) is 127 cm³/mol. The molecule has 186 valence electrons. The van der Waals surface area contributed by atoms with Crippen molar-refractivity contribution in [1.29, 1.82) is 0 Å². The highest BCUT2D eigenvalue weighted by Gasteiger charge is 2.28. The monoisotopic (exact) mass is 483 g/mol. The van der Waals surface area contributed by atoms with Crippen molar-refractivity contribution in [3.63, 3.8) is 0 Å². The second kappa shape index (κ2) is 11.2. The third-order valence-electron chi connectivity index (χ3n) is 6.18. The first kappa shape index (κ1) is 24.6. The van der Waals surface area contributed by atoms with Crippen LogP contribution in [0, 0.1) is 17.0 Å². The van der Waals surface area contributed by atoms with Crippen LogP contribution >= 0.6 is 0 Å². The molecule has 0 radical (unpaired) electrons. The third kappa shape index (κ3) is 6.11. The minimum Gasteiger partial charge on any atom is -0.455 e.